The van der Waals surface area contributed by atoms with Crippen LogP contribution in [-0.4, -0.2) is 41.0 Å². The molecule has 1 saturated heterocycles. The Bertz CT molecular complexity index is 959. The molecule has 7 heteroatoms. The second-order valence-electron chi connectivity index (χ2n) is 7.79. The van der Waals surface area contributed by atoms with Crippen molar-refractivity contribution in [2.24, 2.45) is 5.92 Å². The normalized spacial score (nSPS) is 18.4. The van der Waals surface area contributed by atoms with E-state index in [-0.39, 0.29) is 12.8 Å². The number of amides is 2. The molecule has 1 aliphatic rings. The van der Waals surface area contributed by atoms with Crippen LogP contribution in [-0.2, 0) is 41.5 Å². The lowest BCUT2D eigenvalue weighted by atomic mass is 9.89. The SMILES string of the molecule is CC(=O)O[C@@H]1[C@@H]([C@@H](C)OC(=O)CCc2ccccc2)C(=O)N1C(=O)CCc1ccccc1. The van der Waals surface area contributed by atoms with Crippen molar-refractivity contribution >= 4 is 23.8 Å². The van der Waals surface area contributed by atoms with E-state index in [1.807, 2.05) is 60.7 Å². The number of β-lactam (4-membered cyclic amide) rings is 1. The molecule has 1 aliphatic heterocycles. The summed E-state index contributed by atoms with van der Waals surface area (Å²) in [5, 5.41) is 0. The van der Waals surface area contributed by atoms with E-state index in [0.29, 0.717) is 12.8 Å². The van der Waals surface area contributed by atoms with E-state index in [9.17, 15) is 19.2 Å². The number of rotatable bonds is 9. The minimum Gasteiger partial charge on any atom is -0.462 e. The molecule has 2 aromatic rings. The Labute approximate surface area is 187 Å². The molecule has 3 atom stereocenters. The van der Waals surface area contributed by atoms with Crippen molar-refractivity contribution in [3.63, 3.8) is 0 Å². The highest BCUT2D eigenvalue weighted by Crippen LogP contribution is 2.33. The smallest absolute Gasteiger partial charge is 0.306 e. The first kappa shape index (κ1) is 23.2. The van der Waals surface area contributed by atoms with Crippen molar-refractivity contribution in [2.75, 3.05) is 0 Å². The topological polar surface area (TPSA) is 90.0 Å². The number of hydrogen-bond acceptors (Lipinski definition) is 6. The number of nitrogens with zero attached hydrogens (tertiary/aromatic N) is 1. The number of ether oxygens (including phenoxy) is 2. The molecular weight excluding hydrogens is 410 g/mol. The van der Waals surface area contributed by atoms with Gasteiger partial charge in [-0.25, -0.2) is 4.90 Å². The number of hydrogen-bond donors (Lipinski definition) is 0. The molecule has 3 rings (SSSR count). The molecule has 168 valence electrons. The van der Waals surface area contributed by atoms with Gasteiger partial charge in [-0.1, -0.05) is 60.7 Å². The van der Waals surface area contributed by atoms with Gasteiger partial charge in [0.05, 0.1) is 0 Å². The summed E-state index contributed by atoms with van der Waals surface area (Å²) >= 11 is 0. The predicted molar refractivity (Wildman–Crippen MR) is 116 cm³/mol. The van der Waals surface area contributed by atoms with Crippen LogP contribution in [0.2, 0.25) is 0 Å². The van der Waals surface area contributed by atoms with Crippen molar-refractivity contribution in [3.8, 4) is 0 Å². The zero-order chi connectivity index (χ0) is 23.1. The van der Waals surface area contributed by atoms with Gasteiger partial charge in [0.15, 0.2) is 6.23 Å². The van der Waals surface area contributed by atoms with Crippen LogP contribution in [0.25, 0.3) is 0 Å². The van der Waals surface area contributed by atoms with Crippen LogP contribution in [0.3, 0.4) is 0 Å². The van der Waals surface area contributed by atoms with E-state index in [0.717, 1.165) is 16.0 Å². The maximum absolute atomic E-state index is 12.7. The standard InChI is InChI=1S/C25H27NO6/c1-17(31-22(29)16-14-20-11-7-4-8-12-20)23-24(30)26(25(23)32-18(2)27)21(28)15-13-19-9-5-3-6-10-19/h3-12,17,23,25H,13-16H2,1-2H3/t17-,23+,25-/m1/s1. The van der Waals surface area contributed by atoms with E-state index >= 15 is 0 Å². The molecule has 32 heavy (non-hydrogen) atoms. The number of esters is 2. The molecule has 0 spiro atoms. The minimum absolute atomic E-state index is 0.103. The highest BCUT2D eigenvalue weighted by molar-refractivity contribution is 6.02. The van der Waals surface area contributed by atoms with Crippen molar-refractivity contribution in [2.45, 2.75) is 51.9 Å². The number of imide groups is 1. The molecule has 7 nitrogen and oxygen atoms in total. The largest absolute Gasteiger partial charge is 0.462 e. The summed E-state index contributed by atoms with van der Waals surface area (Å²) in [6, 6.07) is 18.9. The summed E-state index contributed by atoms with van der Waals surface area (Å²) in [6.07, 6.45) is -0.653. The highest BCUT2D eigenvalue weighted by atomic mass is 16.6. The molecule has 1 heterocycles. The molecule has 0 unspecified atom stereocenters. The van der Waals surface area contributed by atoms with Crippen LogP contribution in [0.1, 0.15) is 37.8 Å². The molecule has 0 radical (unpaired) electrons. The fourth-order valence-electron chi connectivity index (χ4n) is 3.73. The zero-order valence-corrected chi connectivity index (χ0v) is 18.2. The van der Waals surface area contributed by atoms with Gasteiger partial charge in [-0.3, -0.25) is 19.2 Å². The van der Waals surface area contributed by atoms with E-state index in [1.165, 1.54) is 6.92 Å². The number of benzene rings is 2. The summed E-state index contributed by atoms with van der Waals surface area (Å²) in [7, 11) is 0. The van der Waals surface area contributed by atoms with E-state index < -0.39 is 42.0 Å². The molecule has 0 bridgehead atoms. The first-order chi connectivity index (χ1) is 15.4. The lowest BCUT2D eigenvalue weighted by Crippen LogP contribution is -2.67. The van der Waals surface area contributed by atoms with Gasteiger partial charge in [0.25, 0.3) is 0 Å². The van der Waals surface area contributed by atoms with Crippen LogP contribution in [0.15, 0.2) is 60.7 Å². The van der Waals surface area contributed by atoms with Gasteiger partial charge in [-0.05, 0) is 30.9 Å². The average molecular weight is 437 g/mol. The molecule has 2 amide bonds. The molecule has 0 aliphatic carbocycles. The molecular formula is C25H27NO6. The van der Waals surface area contributed by atoms with Crippen LogP contribution in [0, 0.1) is 5.92 Å². The fourth-order valence-corrected chi connectivity index (χ4v) is 3.73. The zero-order valence-electron chi connectivity index (χ0n) is 18.2. The van der Waals surface area contributed by atoms with Crippen LogP contribution < -0.4 is 0 Å². The first-order valence-electron chi connectivity index (χ1n) is 10.7. The lowest BCUT2D eigenvalue weighted by Gasteiger charge is -2.46. The Morgan fingerprint density at radius 3 is 1.97 bits per heavy atom. The Morgan fingerprint density at radius 2 is 1.44 bits per heavy atom. The summed E-state index contributed by atoms with van der Waals surface area (Å²) in [6.45, 7) is 2.79. The number of aryl methyl sites for hydroxylation is 2. The average Bonchev–Trinajstić information content (AvgIpc) is 2.77. The number of carbonyl (C=O) groups is 4. The quantitative estimate of drug-likeness (QED) is 0.442. The van der Waals surface area contributed by atoms with Crippen LogP contribution in [0.4, 0.5) is 0 Å². The number of carbonyl (C=O) groups excluding carboxylic acids is 4. The number of likely N-dealkylation sites (tertiary alicyclic amines) is 1. The Morgan fingerprint density at radius 1 is 0.906 bits per heavy atom. The van der Waals surface area contributed by atoms with Gasteiger partial charge in [-0.2, -0.15) is 0 Å². The van der Waals surface area contributed by atoms with Crippen molar-refractivity contribution in [3.05, 3.63) is 71.8 Å². The Hall–Kier alpha value is -3.48. The highest BCUT2D eigenvalue weighted by Gasteiger charge is 2.56. The van der Waals surface area contributed by atoms with Crippen molar-refractivity contribution < 1.29 is 28.7 Å². The summed E-state index contributed by atoms with van der Waals surface area (Å²) in [4.78, 5) is 50.2. The van der Waals surface area contributed by atoms with Gasteiger partial charge < -0.3 is 9.47 Å². The summed E-state index contributed by atoms with van der Waals surface area (Å²) in [5.41, 5.74) is 1.97. The van der Waals surface area contributed by atoms with E-state index in [2.05, 4.69) is 0 Å². The molecule has 0 N–H and O–H groups in total. The van der Waals surface area contributed by atoms with Crippen LogP contribution in [0.5, 0.6) is 0 Å². The van der Waals surface area contributed by atoms with E-state index in [1.54, 1.807) is 6.92 Å². The maximum Gasteiger partial charge on any atom is 0.306 e. The molecule has 0 aromatic heterocycles. The van der Waals surface area contributed by atoms with Crippen LogP contribution >= 0.6 is 0 Å². The van der Waals surface area contributed by atoms with Gasteiger partial charge in [0, 0.05) is 19.8 Å². The Balaban J connectivity index is 1.57. The predicted octanol–water partition coefficient (Wildman–Crippen LogP) is 3.06. The molecule has 2 aromatic carbocycles. The van der Waals surface area contributed by atoms with Crippen molar-refractivity contribution in [1.82, 2.24) is 4.90 Å². The second kappa shape index (κ2) is 10.7. The van der Waals surface area contributed by atoms with Gasteiger partial charge in [0.2, 0.25) is 11.8 Å². The Kier molecular flexibility index (Phi) is 7.76. The van der Waals surface area contributed by atoms with Gasteiger partial charge in [-0.15, -0.1) is 0 Å². The van der Waals surface area contributed by atoms with E-state index in [4.69, 9.17) is 9.47 Å². The monoisotopic (exact) mass is 437 g/mol. The lowest BCUT2D eigenvalue weighted by molar-refractivity contribution is -0.210. The summed E-state index contributed by atoms with van der Waals surface area (Å²) < 4.78 is 10.7. The summed E-state index contributed by atoms with van der Waals surface area (Å²) in [5.74, 6) is -2.90. The van der Waals surface area contributed by atoms with Gasteiger partial charge in [0.1, 0.15) is 12.0 Å². The van der Waals surface area contributed by atoms with Crippen molar-refractivity contribution in [1.29, 1.82) is 0 Å². The third kappa shape index (κ3) is 5.81. The van der Waals surface area contributed by atoms with Gasteiger partial charge >= 0.3 is 11.9 Å². The first-order valence-corrected chi connectivity index (χ1v) is 10.7. The third-order valence-corrected chi connectivity index (χ3v) is 5.39. The minimum atomic E-state index is -1.07. The molecule has 0 saturated carbocycles. The fraction of sp³-hybridized carbons (Fsp3) is 0.360. The maximum atomic E-state index is 12.7. The second-order valence-corrected chi connectivity index (χ2v) is 7.79. The third-order valence-electron chi connectivity index (χ3n) is 5.39. The molecule has 1 fully saturated rings.